The van der Waals surface area contributed by atoms with Crippen molar-refractivity contribution in [3.63, 3.8) is 0 Å². The van der Waals surface area contributed by atoms with Gasteiger partial charge >= 0.3 is 12.4 Å². The third-order valence-corrected chi connectivity index (χ3v) is 3.85. The van der Waals surface area contributed by atoms with Crippen LogP contribution in [-0.4, -0.2) is 23.5 Å². The molecule has 1 aliphatic rings. The van der Waals surface area contributed by atoms with Gasteiger partial charge in [0.15, 0.2) is 0 Å². The predicted octanol–water partition coefficient (Wildman–Crippen LogP) is 4.35. The first-order chi connectivity index (χ1) is 10.1. The van der Waals surface area contributed by atoms with Crippen molar-refractivity contribution >= 4 is 5.69 Å². The average Bonchev–Trinajstić information content (AvgIpc) is 2.89. The number of hydrogen-bond donors (Lipinski definition) is 2. The molecule has 0 atom stereocenters. The van der Waals surface area contributed by atoms with Gasteiger partial charge < -0.3 is 10.4 Å². The molecule has 1 aromatic rings. The van der Waals surface area contributed by atoms with Crippen LogP contribution < -0.4 is 5.32 Å². The molecular formula is C14H15F6NO. The summed E-state index contributed by atoms with van der Waals surface area (Å²) in [7, 11) is 0. The van der Waals surface area contributed by atoms with Crippen molar-refractivity contribution in [2.45, 2.75) is 49.7 Å². The molecule has 2 N–H and O–H groups in total. The number of rotatable bonds is 3. The molecule has 0 spiro atoms. The quantitative estimate of drug-likeness (QED) is 0.809. The molecule has 0 aliphatic heterocycles. The average molecular weight is 327 g/mol. The SMILES string of the molecule is OC(c1ccc(NC2CCCC2)cc1)(C(F)(F)F)C(F)(F)F. The maximum Gasteiger partial charge on any atom is 0.430 e. The molecule has 22 heavy (non-hydrogen) atoms. The van der Waals surface area contributed by atoms with Gasteiger partial charge in [0.2, 0.25) is 0 Å². The lowest BCUT2D eigenvalue weighted by molar-refractivity contribution is -0.376. The fourth-order valence-corrected chi connectivity index (χ4v) is 2.60. The molecule has 1 aromatic carbocycles. The summed E-state index contributed by atoms with van der Waals surface area (Å²) in [4.78, 5) is 0. The van der Waals surface area contributed by atoms with Crippen molar-refractivity contribution in [2.24, 2.45) is 0 Å². The zero-order chi connectivity index (χ0) is 16.6. The minimum absolute atomic E-state index is 0.176. The molecule has 8 heteroatoms. The summed E-state index contributed by atoms with van der Waals surface area (Å²) in [5, 5.41) is 12.3. The van der Waals surface area contributed by atoms with Crippen LogP contribution in [0.1, 0.15) is 31.2 Å². The van der Waals surface area contributed by atoms with Crippen molar-refractivity contribution in [3.05, 3.63) is 29.8 Å². The molecule has 1 aliphatic carbocycles. The van der Waals surface area contributed by atoms with Gasteiger partial charge in [0, 0.05) is 17.3 Å². The highest BCUT2D eigenvalue weighted by Gasteiger charge is 2.71. The Hall–Kier alpha value is -1.44. The molecule has 0 aromatic heterocycles. The molecule has 0 unspecified atom stereocenters. The highest BCUT2D eigenvalue weighted by Crippen LogP contribution is 2.50. The third-order valence-electron chi connectivity index (χ3n) is 3.85. The van der Waals surface area contributed by atoms with Gasteiger partial charge in [-0.2, -0.15) is 26.3 Å². The number of aliphatic hydroxyl groups is 1. The Labute approximate surface area is 123 Å². The molecule has 0 bridgehead atoms. The van der Waals surface area contributed by atoms with Crippen LogP contribution in [0.3, 0.4) is 0 Å². The van der Waals surface area contributed by atoms with Crippen LogP contribution in [0.5, 0.6) is 0 Å². The standard InChI is InChI=1S/C14H15F6NO/c15-13(16,17)12(22,14(18,19)20)9-5-7-11(8-6-9)21-10-3-1-2-4-10/h5-8,10,21-22H,1-4H2. The van der Waals surface area contributed by atoms with E-state index in [2.05, 4.69) is 5.32 Å². The van der Waals surface area contributed by atoms with Crippen molar-refractivity contribution < 1.29 is 31.4 Å². The monoisotopic (exact) mass is 327 g/mol. The van der Waals surface area contributed by atoms with E-state index in [-0.39, 0.29) is 6.04 Å². The van der Waals surface area contributed by atoms with Gasteiger partial charge in [0.05, 0.1) is 0 Å². The van der Waals surface area contributed by atoms with Crippen LogP contribution in [-0.2, 0) is 5.60 Å². The van der Waals surface area contributed by atoms with E-state index in [4.69, 9.17) is 0 Å². The van der Waals surface area contributed by atoms with Crippen LogP contribution in [0.25, 0.3) is 0 Å². The Morgan fingerprint density at radius 2 is 1.32 bits per heavy atom. The smallest absolute Gasteiger partial charge is 0.382 e. The second-order valence-electron chi connectivity index (χ2n) is 5.41. The van der Waals surface area contributed by atoms with Crippen molar-refractivity contribution in [3.8, 4) is 0 Å². The van der Waals surface area contributed by atoms with Crippen LogP contribution in [0, 0.1) is 0 Å². The van der Waals surface area contributed by atoms with Crippen molar-refractivity contribution in [2.75, 3.05) is 5.32 Å². The maximum atomic E-state index is 12.7. The summed E-state index contributed by atoms with van der Waals surface area (Å²) >= 11 is 0. The normalized spacial score (nSPS) is 17.8. The van der Waals surface area contributed by atoms with E-state index in [1.165, 1.54) is 0 Å². The summed E-state index contributed by atoms with van der Waals surface area (Å²) in [6, 6.07) is 3.72. The van der Waals surface area contributed by atoms with Gasteiger partial charge in [-0.15, -0.1) is 0 Å². The third kappa shape index (κ3) is 3.02. The van der Waals surface area contributed by atoms with E-state index in [0.717, 1.165) is 37.8 Å². The lowest BCUT2D eigenvalue weighted by Crippen LogP contribution is -2.53. The number of benzene rings is 1. The molecule has 0 saturated heterocycles. The zero-order valence-corrected chi connectivity index (χ0v) is 11.4. The van der Waals surface area contributed by atoms with E-state index in [1.54, 1.807) is 0 Å². The van der Waals surface area contributed by atoms with E-state index in [0.29, 0.717) is 17.8 Å². The topological polar surface area (TPSA) is 32.3 Å². The van der Waals surface area contributed by atoms with Crippen LogP contribution in [0.15, 0.2) is 24.3 Å². The number of alkyl halides is 6. The van der Waals surface area contributed by atoms with Crippen LogP contribution in [0.4, 0.5) is 32.0 Å². The summed E-state index contributed by atoms with van der Waals surface area (Å²) < 4.78 is 76.4. The largest absolute Gasteiger partial charge is 0.430 e. The van der Waals surface area contributed by atoms with Crippen molar-refractivity contribution in [1.29, 1.82) is 0 Å². The first kappa shape index (κ1) is 16.9. The minimum Gasteiger partial charge on any atom is -0.382 e. The Bertz CT molecular complexity index is 488. The molecule has 1 fully saturated rings. The Morgan fingerprint density at radius 3 is 1.73 bits per heavy atom. The summed E-state index contributed by atoms with van der Waals surface area (Å²) in [5.74, 6) is 0. The number of nitrogens with one attached hydrogen (secondary N) is 1. The highest BCUT2D eigenvalue weighted by molar-refractivity contribution is 5.47. The number of hydrogen-bond acceptors (Lipinski definition) is 2. The van der Waals surface area contributed by atoms with Crippen LogP contribution in [0.2, 0.25) is 0 Å². The summed E-state index contributed by atoms with van der Waals surface area (Å²) in [5.41, 5.74) is -5.68. The molecule has 0 amide bonds. The van der Waals surface area contributed by atoms with Gasteiger partial charge in [-0.3, -0.25) is 0 Å². The van der Waals surface area contributed by atoms with Crippen LogP contribution >= 0.6 is 0 Å². The zero-order valence-electron chi connectivity index (χ0n) is 11.4. The lowest BCUT2D eigenvalue weighted by Gasteiger charge is -2.32. The Kier molecular flexibility index (Phi) is 4.34. The molecule has 0 heterocycles. The molecular weight excluding hydrogens is 312 g/mol. The van der Waals surface area contributed by atoms with Gasteiger partial charge in [0.25, 0.3) is 5.60 Å². The number of anilines is 1. The van der Waals surface area contributed by atoms with Gasteiger partial charge in [-0.1, -0.05) is 25.0 Å². The summed E-state index contributed by atoms with van der Waals surface area (Å²) in [6.45, 7) is 0. The molecule has 2 nitrogen and oxygen atoms in total. The second-order valence-corrected chi connectivity index (χ2v) is 5.41. The second kappa shape index (κ2) is 5.64. The van der Waals surface area contributed by atoms with E-state index >= 15 is 0 Å². The predicted molar refractivity (Wildman–Crippen MR) is 68.3 cm³/mol. The van der Waals surface area contributed by atoms with Gasteiger partial charge in [0.1, 0.15) is 0 Å². The molecule has 2 rings (SSSR count). The van der Waals surface area contributed by atoms with Crippen molar-refractivity contribution in [1.82, 2.24) is 0 Å². The molecule has 1 saturated carbocycles. The summed E-state index contributed by atoms with van der Waals surface area (Å²) in [6.07, 6.45) is -7.81. The van der Waals surface area contributed by atoms with Gasteiger partial charge in [-0.25, -0.2) is 0 Å². The fourth-order valence-electron chi connectivity index (χ4n) is 2.60. The lowest BCUT2D eigenvalue weighted by atomic mass is 9.92. The van der Waals surface area contributed by atoms with E-state index < -0.39 is 23.5 Å². The molecule has 124 valence electrons. The first-order valence-electron chi connectivity index (χ1n) is 6.78. The maximum absolute atomic E-state index is 12.7. The Balaban J connectivity index is 2.26. The van der Waals surface area contributed by atoms with E-state index in [9.17, 15) is 31.4 Å². The fraction of sp³-hybridized carbons (Fsp3) is 0.571. The highest BCUT2D eigenvalue weighted by atomic mass is 19.4. The number of halogens is 6. The van der Waals surface area contributed by atoms with E-state index in [1.807, 2.05) is 0 Å². The van der Waals surface area contributed by atoms with Gasteiger partial charge in [-0.05, 0) is 25.0 Å². The minimum atomic E-state index is -5.86. The molecule has 0 radical (unpaired) electrons. The Morgan fingerprint density at radius 1 is 0.864 bits per heavy atom. The first-order valence-corrected chi connectivity index (χ1v) is 6.78.